The summed E-state index contributed by atoms with van der Waals surface area (Å²) in [6.45, 7) is 4.58. The van der Waals surface area contributed by atoms with Crippen LogP contribution in [0, 0.1) is 0 Å². The Hall–Kier alpha value is -1.89. The number of guanidine groups is 1. The second-order valence-electron chi connectivity index (χ2n) is 6.89. The SMILES string of the molecule is CN=C(NCc1cccc(OCC(N)=O)c1)NCC(c1cccs1)N1CCOCC1.I. The normalized spacial score (nSPS) is 15.6. The van der Waals surface area contributed by atoms with E-state index in [0.29, 0.717) is 12.3 Å². The predicted octanol–water partition coefficient (Wildman–Crippen LogP) is 1.97. The first-order valence-corrected chi connectivity index (χ1v) is 10.8. The van der Waals surface area contributed by atoms with Crippen molar-refractivity contribution in [3.8, 4) is 5.75 Å². The summed E-state index contributed by atoms with van der Waals surface area (Å²) < 4.78 is 10.9. The molecule has 170 valence electrons. The maximum absolute atomic E-state index is 10.9. The molecule has 2 aromatic rings. The number of carbonyl (C=O) groups is 1. The quantitative estimate of drug-likeness (QED) is 0.247. The standard InChI is InChI=1S/C21H29N5O3S.HI/c1-23-21(24-13-16-4-2-5-17(12-16)29-15-20(22)27)25-14-18(19-6-3-11-30-19)26-7-9-28-10-8-26;/h2-6,11-12,18H,7-10,13-15H2,1H3,(H2,22,27)(H2,23,24,25);1H. The first-order chi connectivity index (χ1) is 14.7. The Morgan fingerprint density at radius 3 is 2.77 bits per heavy atom. The van der Waals surface area contributed by atoms with Crippen molar-refractivity contribution in [2.45, 2.75) is 12.6 Å². The van der Waals surface area contributed by atoms with Gasteiger partial charge < -0.3 is 25.8 Å². The van der Waals surface area contributed by atoms with E-state index in [1.54, 1.807) is 24.5 Å². The molecule has 31 heavy (non-hydrogen) atoms. The van der Waals surface area contributed by atoms with Crippen LogP contribution in [0.3, 0.4) is 0 Å². The zero-order chi connectivity index (χ0) is 21.2. The molecule has 1 amide bonds. The summed E-state index contributed by atoms with van der Waals surface area (Å²) >= 11 is 1.77. The Balaban J connectivity index is 0.00000341. The zero-order valence-corrected chi connectivity index (χ0v) is 20.7. The van der Waals surface area contributed by atoms with E-state index in [4.69, 9.17) is 15.2 Å². The van der Waals surface area contributed by atoms with Crippen LogP contribution in [0.5, 0.6) is 5.75 Å². The van der Waals surface area contributed by atoms with E-state index in [-0.39, 0.29) is 36.6 Å². The van der Waals surface area contributed by atoms with Gasteiger partial charge in [0.05, 0.1) is 19.3 Å². The number of nitrogens with zero attached hydrogens (tertiary/aromatic N) is 2. The van der Waals surface area contributed by atoms with Crippen LogP contribution in [0.25, 0.3) is 0 Å². The van der Waals surface area contributed by atoms with Crippen molar-refractivity contribution in [3.63, 3.8) is 0 Å². The monoisotopic (exact) mass is 559 g/mol. The molecule has 1 aliphatic rings. The molecule has 1 atom stereocenters. The van der Waals surface area contributed by atoms with Gasteiger partial charge in [0.25, 0.3) is 5.91 Å². The molecular formula is C21H30IN5O3S. The van der Waals surface area contributed by atoms with Gasteiger partial charge in [-0.3, -0.25) is 14.7 Å². The van der Waals surface area contributed by atoms with Crippen molar-refractivity contribution in [3.05, 3.63) is 52.2 Å². The third kappa shape index (κ3) is 8.28. The summed E-state index contributed by atoms with van der Waals surface area (Å²) in [5.41, 5.74) is 6.15. The third-order valence-electron chi connectivity index (χ3n) is 4.78. The highest BCUT2D eigenvalue weighted by Gasteiger charge is 2.23. The smallest absolute Gasteiger partial charge is 0.255 e. The van der Waals surface area contributed by atoms with Gasteiger partial charge in [-0.05, 0) is 29.1 Å². The van der Waals surface area contributed by atoms with Crippen LogP contribution < -0.4 is 21.1 Å². The van der Waals surface area contributed by atoms with Gasteiger partial charge in [0.15, 0.2) is 12.6 Å². The number of aliphatic imine (C=N–C) groups is 1. The average molecular weight is 559 g/mol. The van der Waals surface area contributed by atoms with Crippen LogP contribution in [0.2, 0.25) is 0 Å². The molecule has 1 fully saturated rings. The number of thiophene rings is 1. The number of ether oxygens (including phenoxy) is 2. The van der Waals surface area contributed by atoms with Crippen LogP contribution in [-0.2, 0) is 16.1 Å². The van der Waals surface area contributed by atoms with Gasteiger partial charge in [0.1, 0.15) is 5.75 Å². The van der Waals surface area contributed by atoms with Gasteiger partial charge in [-0.25, -0.2) is 0 Å². The van der Waals surface area contributed by atoms with Crippen molar-refractivity contribution in [1.29, 1.82) is 0 Å². The fourth-order valence-electron chi connectivity index (χ4n) is 3.28. The van der Waals surface area contributed by atoms with Gasteiger partial charge in [0, 0.05) is 38.1 Å². The fraction of sp³-hybridized carbons (Fsp3) is 0.429. The maximum Gasteiger partial charge on any atom is 0.255 e. The molecule has 0 bridgehead atoms. The third-order valence-corrected chi connectivity index (χ3v) is 5.76. The number of benzene rings is 1. The number of hydrogen-bond acceptors (Lipinski definition) is 6. The molecule has 1 saturated heterocycles. The van der Waals surface area contributed by atoms with Gasteiger partial charge >= 0.3 is 0 Å². The van der Waals surface area contributed by atoms with Crippen LogP contribution >= 0.6 is 35.3 Å². The van der Waals surface area contributed by atoms with Crippen LogP contribution in [0.1, 0.15) is 16.5 Å². The summed E-state index contributed by atoms with van der Waals surface area (Å²) in [6, 6.07) is 12.1. The second-order valence-corrected chi connectivity index (χ2v) is 7.87. The number of morpholine rings is 1. The number of carbonyl (C=O) groups excluding carboxylic acids is 1. The summed E-state index contributed by atoms with van der Waals surface area (Å²) in [4.78, 5) is 19.0. The first-order valence-electron chi connectivity index (χ1n) is 9.95. The molecule has 1 aromatic heterocycles. The second kappa shape index (κ2) is 13.5. The van der Waals surface area contributed by atoms with Crippen LogP contribution in [0.15, 0.2) is 46.8 Å². The lowest BCUT2D eigenvalue weighted by Crippen LogP contribution is -2.46. The van der Waals surface area contributed by atoms with E-state index in [0.717, 1.165) is 44.4 Å². The Labute approximate surface area is 204 Å². The molecule has 2 heterocycles. The Morgan fingerprint density at radius 2 is 2.10 bits per heavy atom. The lowest BCUT2D eigenvalue weighted by atomic mass is 10.2. The molecule has 1 aliphatic heterocycles. The number of rotatable bonds is 9. The number of halogens is 1. The lowest BCUT2D eigenvalue weighted by Gasteiger charge is -2.34. The molecule has 1 unspecified atom stereocenters. The average Bonchev–Trinajstić information content (AvgIpc) is 3.30. The topological polar surface area (TPSA) is 101 Å². The van der Waals surface area contributed by atoms with Crippen molar-refractivity contribution in [2.75, 3.05) is 46.5 Å². The zero-order valence-electron chi connectivity index (χ0n) is 17.6. The number of amides is 1. The van der Waals surface area contributed by atoms with Crippen molar-refractivity contribution in [2.24, 2.45) is 10.7 Å². The summed E-state index contributed by atoms with van der Waals surface area (Å²) in [5, 5.41) is 8.90. The Bertz CT molecular complexity index is 828. The molecule has 3 rings (SSSR count). The number of nitrogens with one attached hydrogen (secondary N) is 2. The largest absolute Gasteiger partial charge is 0.484 e. The minimum atomic E-state index is -0.497. The number of nitrogens with two attached hydrogens (primary N) is 1. The van der Waals surface area contributed by atoms with Gasteiger partial charge in [-0.1, -0.05) is 18.2 Å². The highest BCUT2D eigenvalue weighted by Crippen LogP contribution is 2.25. The molecule has 10 heteroatoms. The van der Waals surface area contributed by atoms with Crippen molar-refractivity contribution in [1.82, 2.24) is 15.5 Å². The maximum atomic E-state index is 10.9. The van der Waals surface area contributed by atoms with E-state index in [1.165, 1.54) is 4.88 Å². The highest BCUT2D eigenvalue weighted by atomic mass is 127. The Kier molecular flexibility index (Phi) is 11.1. The van der Waals surface area contributed by atoms with E-state index >= 15 is 0 Å². The Morgan fingerprint density at radius 1 is 1.29 bits per heavy atom. The minimum absolute atomic E-state index is 0. The van der Waals surface area contributed by atoms with Crippen molar-refractivity contribution >= 4 is 47.2 Å². The molecule has 4 N–H and O–H groups in total. The van der Waals surface area contributed by atoms with Gasteiger partial charge in [0.2, 0.25) is 0 Å². The van der Waals surface area contributed by atoms with E-state index in [1.807, 2.05) is 18.2 Å². The molecule has 8 nitrogen and oxygen atoms in total. The number of hydrogen-bond donors (Lipinski definition) is 3. The number of primary amides is 1. The van der Waals surface area contributed by atoms with Crippen molar-refractivity contribution < 1.29 is 14.3 Å². The molecule has 0 spiro atoms. The molecule has 1 aromatic carbocycles. The molecule has 0 aliphatic carbocycles. The molecular weight excluding hydrogens is 529 g/mol. The van der Waals surface area contributed by atoms with Gasteiger partial charge in [-0.15, -0.1) is 35.3 Å². The van der Waals surface area contributed by atoms with E-state index in [9.17, 15) is 4.79 Å². The minimum Gasteiger partial charge on any atom is -0.484 e. The van der Waals surface area contributed by atoms with Gasteiger partial charge in [-0.2, -0.15) is 0 Å². The summed E-state index contributed by atoms with van der Waals surface area (Å²) in [7, 11) is 1.76. The molecule has 0 saturated carbocycles. The van der Waals surface area contributed by atoms with E-state index in [2.05, 4.69) is 38.0 Å². The molecule has 0 radical (unpaired) electrons. The van der Waals surface area contributed by atoms with Crippen LogP contribution in [-0.4, -0.2) is 63.3 Å². The summed E-state index contributed by atoms with van der Waals surface area (Å²) in [5.74, 6) is 0.845. The predicted molar refractivity (Wildman–Crippen MR) is 134 cm³/mol. The summed E-state index contributed by atoms with van der Waals surface area (Å²) in [6.07, 6.45) is 0. The lowest BCUT2D eigenvalue weighted by molar-refractivity contribution is -0.119. The fourth-order valence-corrected chi connectivity index (χ4v) is 4.14. The first kappa shape index (κ1) is 25.4. The van der Waals surface area contributed by atoms with Crippen LogP contribution in [0.4, 0.5) is 0 Å². The highest BCUT2D eigenvalue weighted by molar-refractivity contribution is 14.0. The van der Waals surface area contributed by atoms with E-state index < -0.39 is 5.91 Å².